The summed E-state index contributed by atoms with van der Waals surface area (Å²) in [5, 5.41) is 5.65. The van der Waals surface area contributed by atoms with E-state index in [0.29, 0.717) is 6.54 Å². The molecule has 0 atom stereocenters. The molecule has 0 unspecified atom stereocenters. The predicted molar refractivity (Wildman–Crippen MR) is 90.1 cm³/mol. The Labute approximate surface area is 137 Å². The third-order valence-corrected chi connectivity index (χ3v) is 3.92. The quantitative estimate of drug-likeness (QED) is 0.774. The summed E-state index contributed by atoms with van der Waals surface area (Å²) in [5.74, 6) is -0.116. The predicted octanol–water partition coefficient (Wildman–Crippen LogP) is 2.00. The Morgan fingerprint density at radius 3 is 2.32 bits per heavy atom. The van der Waals surface area contributed by atoms with Gasteiger partial charge in [-0.2, -0.15) is 0 Å². The molecule has 4 N–H and O–H groups in total. The molecule has 2 amide bonds. The second-order valence-corrected chi connectivity index (χ2v) is 5.75. The van der Waals surface area contributed by atoms with Gasteiger partial charge in [-0.3, -0.25) is 9.59 Å². The average molecular weight is 326 g/mol. The first-order chi connectivity index (χ1) is 9.99. The van der Waals surface area contributed by atoms with E-state index in [0.717, 1.165) is 43.4 Å². The Morgan fingerprint density at radius 2 is 1.77 bits per heavy atom. The normalized spacial score (nSPS) is 15.7. The van der Waals surface area contributed by atoms with E-state index in [2.05, 4.69) is 10.6 Å². The van der Waals surface area contributed by atoms with Gasteiger partial charge < -0.3 is 16.4 Å². The molecular formula is C16H24ClN3O2. The van der Waals surface area contributed by atoms with Crippen LogP contribution in [-0.4, -0.2) is 23.9 Å². The first kappa shape index (κ1) is 18.5. The number of hydrogen-bond donors (Lipinski definition) is 3. The highest BCUT2D eigenvalue weighted by molar-refractivity contribution is 5.88. The maximum Gasteiger partial charge on any atom is 0.240 e. The summed E-state index contributed by atoms with van der Waals surface area (Å²) in [6.45, 7) is 2.06. The van der Waals surface area contributed by atoms with Gasteiger partial charge >= 0.3 is 0 Å². The highest BCUT2D eigenvalue weighted by Crippen LogP contribution is 2.27. The number of nitrogens with two attached hydrogens (primary N) is 1. The van der Waals surface area contributed by atoms with E-state index in [-0.39, 0.29) is 24.2 Å². The van der Waals surface area contributed by atoms with Gasteiger partial charge in [0, 0.05) is 19.2 Å². The highest BCUT2D eigenvalue weighted by atomic mass is 35.5. The molecule has 0 aliphatic heterocycles. The first-order valence-electron chi connectivity index (χ1n) is 7.43. The largest absolute Gasteiger partial charge is 0.354 e. The fourth-order valence-electron chi connectivity index (χ4n) is 2.69. The lowest BCUT2D eigenvalue weighted by Crippen LogP contribution is -2.52. The van der Waals surface area contributed by atoms with Crippen LogP contribution in [0.4, 0.5) is 5.69 Å². The van der Waals surface area contributed by atoms with E-state index in [9.17, 15) is 9.59 Å². The van der Waals surface area contributed by atoms with Crippen molar-refractivity contribution in [1.29, 1.82) is 0 Å². The number of hydrogen-bond acceptors (Lipinski definition) is 3. The molecule has 0 bridgehead atoms. The van der Waals surface area contributed by atoms with Gasteiger partial charge in [0.1, 0.15) is 0 Å². The Hall–Kier alpha value is -1.59. The van der Waals surface area contributed by atoms with Crippen LogP contribution < -0.4 is 16.4 Å². The number of carbonyl (C=O) groups excluding carboxylic acids is 2. The Balaban J connectivity index is 0.00000242. The van der Waals surface area contributed by atoms with E-state index in [1.165, 1.54) is 6.92 Å². The molecule has 1 aliphatic carbocycles. The minimum absolute atomic E-state index is 0. The van der Waals surface area contributed by atoms with E-state index >= 15 is 0 Å². The molecule has 6 heteroatoms. The number of anilines is 1. The molecule has 22 heavy (non-hydrogen) atoms. The number of amides is 2. The summed E-state index contributed by atoms with van der Waals surface area (Å²) >= 11 is 0. The van der Waals surface area contributed by atoms with Crippen LogP contribution in [0.2, 0.25) is 0 Å². The van der Waals surface area contributed by atoms with Gasteiger partial charge in [0.15, 0.2) is 0 Å². The van der Waals surface area contributed by atoms with Crippen LogP contribution in [-0.2, 0) is 16.0 Å². The number of benzene rings is 1. The fourth-order valence-corrected chi connectivity index (χ4v) is 2.69. The average Bonchev–Trinajstić information content (AvgIpc) is 2.88. The minimum Gasteiger partial charge on any atom is -0.354 e. The monoisotopic (exact) mass is 325 g/mol. The summed E-state index contributed by atoms with van der Waals surface area (Å²) in [6, 6.07) is 7.62. The summed E-state index contributed by atoms with van der Waals surface area (Å²) < 4.78 is 0. The molecular weight excluding hydrogens is 302 g/mol. The standard InChI is InChI=1S/C16H23N3O2.ClH/c1-12(20)19-14-6-4-13(5-7-14)8-11-18-15(21)16(17)9-2-3-10-16;/h4-7H,2-3,8-11,17H2,1H3,(H,18,21)(H,19,20);1H. The van der Waals surface area contributed by atoms with Crippen molar-refractivity contribution >= 4 is 29.9 Å². The maximum atomic E-state index is 12.0. The smallest absolute Gasteiger partial charge is 0.240 e. The van der Waals surface area contributed by atoms with Gasteiger partial charge in [0.2, 0.25) is 11.8 Å². The summed E-state index contributed by atoms with van der Waals surface area (Å²) in [7, 11) is 0. The van der Waals surface area contributed by atoms with E-state index in [1.807, 2.05) is 24.3 Å². The van der Waals surface area contributed by atoms with Gasteiger partial charge in [0.25, 0.3) is 0 Å². The SMILES string of the molecule is CC(=O)Nc1ccc(CCNC(=O)C2(N)CCCC2)cc1.Cl. The molecule has 0 spiro atoms. The highest BCUT2D eigenvalue weighted by Gasteiger charge is 2.36. The lowest BCUT2D eigenvalue weighted by Gasteiger charge is -2.22. The zero-order valence-electron chi connectivity index (χ0n) is 12.9. The number of halogens is 1. The van der Waals surface area contributed by atoms with Gasteiger partial charge in [-0.25, -0.2) is 0 Å². The maximum absolute atomic E-state index is 12.0. The second-order valence-electron chi connectivity index (χ2n) is 5.75. The minimum atomic E-state index is -0.657. The Kier molecular flexibility index (Phi) is 6.84. The van der Waals surface area contributed by atoms with Gasteiger partial charge in [-0.1, -0.05) is 25.0 Å². The molecule has 1 aromatic rings. The van der Waals surface area contributed by atoms with Crippen LogP contribution in [0, 0.1) is 0 Å². The zero-order valence-corrected chi connectivity index (χ0v) is 13.7. The van der Waals surface area contributed by atoms with Gasteiger partial charge in [0.05, 0.1) is 5.54 Å². The Morgan fingerprint density at radius 1 is 1.18 bits per heavy atom. The molecule has 2 rings (SSSR count). The molecule has 1 saturated carbocycles. The van der Waals surface area contributed by atoms with E-state index in [1.54, 1.807) is 0 Å². The summed E-state index contributed by atoms with van der Waals surface area (Å²) in [6.07, 6.45) is 4.39. The number of carbonyl (C=O) groups is 2. The molecule has 122 valence electrons. The number of nitrogens with one attached hydrogen (secondary N) is 2. The fraction of sp³-hybridized carbons (Fsp3) is 0.500. The van der Waals surface area contributed by atoms with Crippen molar-refractivity contribution in [2.24, 2.45) is 5.73 Å². The second kappa shape index (κ2) is 8.15. The van der Waals surface area contributed by atoms with Crippen molar-refractivity contribution in [1.82, 2.24) is 5.32 Å². The molecule has 1 aromatic carbocycles. The van der Waals surface area contributed by atoms with E-state index < -0.39 is 5.54 Å². The zero-order chi connectivity index (χ0) is 15.3. The van der Waals surface area contributed by atoms with Crippen molar-refractivity contribution in [2.45, 2.75) is 44.6 Å². The third kappa shape index (κ3) is 5.00. The lowest BCUT2D eigenvalue weighted by atomic mass is 9.98. The molecule has 0 heterocycles. The van der Waals surface area contributed by atoms with Crippen LogP contribution in [0.3, 0.4) is 0 Å². The molecule has 0 radical (unpaired) electrons. The van der Waals surface area contributed by atoms with Crippen LogP contribution >= 0.6 is 12.4 Å². The van der Waals surface area contributed by atoms with Gasteiger partial charge in [-0.05, 0) is 37.0 Å². The van der Waals surface area contributed by atoms with Crippen molar-refractivity contribution < 1.29 is 9.59 Å². The van der Waals surface area contributed by atoms with Crippen molar-refractivity contribution in [2.75, 3.05) is 11.9 Å². The molecule has 1 fully saturated rings. The van der Waals surface area contributed by atoms with Crippen molar-refractivity contribution in [3.63, 3.8) is 0 Å². The van der Waals surface area contributed by atoms with Crippen molar-refractivity contribution in [3.8, 4) is 0 Å². The Bertz CT molecular complexity index is 511. The van der Waals surface area contributed by atoms with Crippen LogP contribution in [0.5, 0.6) is 0 Å². The summed E-state index contributed by atoms with van der Waals surface area (Å²) in [5.41, 5.74) is 7.33. The first-order valence-corrected chi connectivity index (χ1v) is 7.43. The van der Waals surface area contributed by atoms with Crippen molar-refractivity contribution in [3.05, 3.63) is 29.8 Å². The van der Waals surface area contributed by atoms with Crippen LogP contribution in [0.15, 0.2) is 24.3 Å². The van der Waals surface area contributed by atoms with Gasteiger partial charge in [-0.15, -0.1) is 12.4 Å². The van der Waals surface area contributed by atoms with Crippen LogP contribution in [0.1, 0.15) is 38.2 Å². The molecule has 5 nitrogen and oxygen atoms in total. The summed E-state index contributed by atoms with van der Waals surface area (Å²) in [4.78, 5) is 23.0. The third-order valence-electron chi connectivity index (χ3n) is 3.92. The molecule has 0 aromatic heterocycles. The lowest BCUT2D eigenvalue weighted by molar-refractivity contribution is -0.126. The number of rotatable bonds is 5. The topological polar surface area (TPSA) is 84.2 Å². The molecule has 1 aliphatic rings. The van der Waals surface area contributed by atoms with Crippen LogP contribution in [0.25, 0.3) is 0 Å². The molecule has 0 saturated heterocycles. The van der Waals surface area contributed by atoms with E-state index in [4.69, 9.17) is 5.73 Å².